The number of hydrogen-bond donors (Lipinski definition) is 2. The van der Waals surface area contributed by atoms with Crippen molar-refractivity contribution in [3.63, 3.8) is 0 Å². The Morgan fingerprint density at radius 3 is 2.55 bits per heavy atom. The maximum absolute atomic E-state index is 14.1. The maximum Gasteiger partial charge on any atom is 0.268 e. The molecule has 0 aliphatic carbocycles. The molecule has 2 aromatic carbocycles. The smallest absolute Gasteiger partial charge is 0.268 e. The van der Waals surface area contributed by atoms with Gasteiger partial charge in [-0.2, -0.15) is 10.5 Å². The van der Waals surface area contributed by atoms with Gasteiger partial charge in [0.25, 0.3) is 5.56 Å². The fraction of sp³-hybridized carbons (Fsp3) is 0.0455. The van der Waals surface area contributed by atoms with Crippen LogP contribution in [0.3, 0.4) is 0 Å². The molecule has 3 N–H and O–H groups in total. The number of hydrogen-bond acceptors (Lipinski definition) is 4. The highest BCUT2D eigenvalue weighted by Gasteiger charge is 2.19. The minimum absolute atomic E-state index is 0.0349. The zero-order chi connectivity index (χ0) is 20.5. The second-order valence-corrected chi connectivity index (χ2v) is 6.53. The maximum atomic E-state index is 14.1. The van der Waals surface area contributed by atoms with Crippen LogP contribution >= 0.6 is 0 Å². The van der Waals surface area contributed by atoms with Crippen LogP contribution in [0.1, 0.15) is 16.7 Å². The second kappa shape index (κ2) is 6.99. The lowest BCUT2D eigenvalue weighted by molar-refractivity contribution is 0.602. The number of benzene rings is 2. The topological polar surface area (TPSA) is 111 Å². The molecule has 0 atom stereocenters. The summed E-state index contributed by atoms with van der Waals surface area (Å²) in [6, 6.07) is 17.6. The van der Waals surface area contributed by atoms with E-state index in [9.17, 15) is 19.7 Å². The van der Waals surface area contributed by atoms with Gasteiger partial charge in [0.05, 0.1) is 6.54 Å². The van der Waals surface area contributed by atoms with E-state index in [1.165, 1.54) is 6.07 Å². The van der Waals surface area contributed by atoms with Gasteiger partial charge in [-0.1, -0.05) is 30.3 Å². The Morgan fingerprint density at radius 1 is 1.07 bits per heavy atom. The van der Waals surface area contributed by atoms with E-state index in [2.05, 4.69) is 4.98 Å². The number of H-pyrrole nitrogens is 1. The quantitative estimate of drug-likeness (QED) is 0.564. The fourth-order valence-electron chi connectivity index (χ4n) is 3.42. The number of pyridine rings is 1. The van der Waals surface area contributed by atoms with Gasteiger partial charge < -0.3 is 15.3 Å². The monoisotopic (exact) mass is 383 g/mol. The molecule has 0 aliphatic heterocycles. The third-order valence-corrected chi connectivity index (χ3v) is 4.83. The van der Waals surface area contributed by atoms with Crippen molar-refractivity contribution in [2.24, 2.45) is 0 Å². The standard InChI is InChI=1S/C22H14FN5O/c23-18-4-2-1-3-15(18)12-28-8-7-13-5-6-14(9-19(13)28)20-16(10-24)21(26)27-22(29)17(20)11-25/h1-9H,12H2,(H3,26,27,29). The summed E-state index contributed by atoms with van der Waals surface area (Å²) in [7, 11) is 0. The normalized spacial score (nSPS) is 10.6. The Morgan fingerprint density at radius 2 is 1.83 bits per heavy atom. The summed E-state index contributed by atoms with van der Waals surface area (Å²) in [6.07, 6.45) is 1.84. The molecule has 0 radical (unpaired) electrons. The number of nitrogens with zero attached hydrogens (tertiary/aromatic N) is 3. The van der Waals surface area contributed by atoms with Gasteiger partial charge in [-0.05, 0) is 29.1 Å². The zero-order valence-electron chi connectivity index (χ0n) is 15.1. The van der Waals surface area contributed by atoms with E-state index in [-0.39, 0.29) is 28.3 Å². The number of halogens is 1. The van der Waals surface area contributed by atoms with Gasteiger partial charge in [-0.25, -0.2) is 4.39 Å². The summed E-state index contributed by atoms with van der Waals surface area (Å²) in [6.45, 7) is 0.313. The molecule has 0 aliphatic rings. The van der Waals surface area contributed by atoms with Crippen LogP contribution in [-0.2, 0) is 6.54 Å². The number of nitrogens with two attached hydrogens (primary N) is 1. The van der Waals surface area contributed by atoms with E-state index in [1.54, 1.807) is 30.3 Å². The molecule has 7 heteroatoms. The van der Waals surface area contributed by atoms with E-state index in [1.807, 2.05) is 35.0 Å². The van der Waals surface area contributed by atoms with Crippen LogP contribution in [0.25, 0.3) is 22.0 Å². The predicted octanol–water partition coefficient (Wildman–Crippen LogP) is 3.51. The highest BCUT2D eigenvalue weighted by atomic mass is 19.1. The average Bonchev–Trinajstić information content (AvgIpc) is 3.11. The third kappa shape index (κ3) is 3.01. The molecule has 2 heterocycles. The molecular weight excluding hydrogens is 369 g/mol. The molecule has 4 aromatic rings. The predicted molar refractivity (Wildman–Crippen MR) is 107 cm³/mol. The molecule has 4 rings (SSSR count). The largest absolute Gasteiger partial charge is 0.384 e. The van der Waals surface area contributed by atoms with E-state index >= 15 is 0 Å². The molecular formula is C22H14FN5O. The number of aromatic amines is 1. The lowest BCUT2D eigenvalue weighted by atomic mass is 9.96. The van der Waals surface area contributed by atoms with Crippen molar-refractivity contribution in [1.29, 1.82) is 10.5 Å². The Bertz CT molecular complexity index is 1400. The first kappa shape index (κ1) is 18.0. The van der Waals surface area contributed by atoms with Gasteiger partial charge >= 0.3 is 0 Å². The van der Waals surface area contributed by atoms with Crippen LogP contribution in [0.15, 0.2) is 59.5 Å². The summed E-state index contributed by atoms with van der Waals surface area (Å²) < 4.78 is 15.9. The number of anilines is 1. The lowest BCUT2D eigenvalue weighted by Crippen LogP contribution is -2.16. The minimum Gasteiger partial charge on any atom is -0.384 e. The van der Waals surface area contributed by atoms with Crippen molar-refractivity contribution in [1.82, 2.24) is 9.55 Å². The molecule has 2 aromatic heterocycles. The Labute approximate surface area is 164 Å². The molecule has 0 unspecified atom stereocenters. The molecule has 140 valence electrons. The minimum atomic E-state index is -0.652. The van der Waals surface area contributed by atoms with Crippen LogP contribution in [0.2, 0.25) is 0 Å². The van der Waals surface area contributed by atoms with E-state index < -0.39 is 5.56 Å². The van der Waals surface area contributed by atoms with Crippen molar-refractivity contribution in [3.05, 3.63) is 87.6 Å². The Balaban J connectivity index is 1.92. The van der Waals surface area contributed by atoms with Crippen LogP contribution < -0.4 is 11.3 Å². The summed E-state index contributed by atoms with van der Waals surface area (Å²) in [5.74, 6) is -0.389. The van der Waals surface area contributed by atoms with E-state index in [0.29, 0.717) is 17.7 Å². The van der Waals surface area contributed by atoms with Gasteiger partial charge in [0.1, 0.15) is 34.9 Å². The SMILES string of the molecule is N#Cc1c(N)[nH]c(=O)c(C#N)c1-c1ccc2ccn(Cc3ccccc3F)c2c1. The molecule has 0 spiro atoms. The summed E-state index contributed by atoms with van der Waals surface area (Å²) in [5.41, 5.74) is 7.02. The molecule has 0 bridgehead atoms. The lowest BCUT2D eigenvalue weighted by Gasteiger charge is -2.11. The number of aromatic nitrogens is 2. The highest BCUT2D eigenvalue weighted by molar-refractivity contribution is 5.89. The second-order valence-electron chi connectivity index (χ2n) is 6.53. The van der Waals surface area contributed by atoms with Gasteiger partial charge in [-0.3, -0.25) is 4.79 Å². The van der Waals surface area contributed by atoms with Crippen LogP contribution in [-0.4, -0.2) is 9.55 Å². The summed E-state index contributed by atoms with van der Waals surface area (Å²) in [4.78, 5) is 14.5. The first-order chi connectivity index (χ1) is 14.0. The van der Waals surface area contributed by atoms with E-state index in [0.717, 1.165) is 10.9 Å². The molecule has 0 fully saturated rings. The van der Waals surface area contributed by atoms with Crippen molar-refractivity contribution in [2.75, 3.05) is 5.73 Å². The van der Waals surface area contributed by atoms with Crippen LogP contribution in [0, 0.1) is 28.5 Å². The zero-order valence-corrected chi connectivity index (χ0v) is 15.1. The van der Waals surface area contributed by atoms with Crippen LogP contribution in [0.4, 0.5) is 10.2 Å². The molecule has 0 amide bonds. The average molecular weight is 383 g/mol. The van der Waals surface area contributed by atoms with Crippen molar-refractivity contribution in [2.45, 2.75) is 6.54 Å². The number of rotatable bonds is 3. The highest BCUT2D eigenvalue weighted by Crippen LogP contribution is 2.31. The summed E-state index contributed by atoms with van der Waals surface area (Å²) >= 11 is 0. The first-order valence-corrected chi connectivity index (χ1v) is 8.72. The molecule has 0 saturated heterocycles. The first-order valence-electron chi connectivity index (χ1n) is 8.72. The molecule has 6 nitrogen and oxygen atoms in total. The van der Waals surface area contributed by atoms with Gasteiger partial charge in [0, 0.05) is 22.8 Å². The molecule has 29 heavy (non-hydrogen) atoms. The Hall–Kier alpha value is -4.36. The Kier molecular flexibility index (Phi) is 4.34. The number of nitrogen functional groups attached to an aromatic ring is 1. The van der Waals surface area contributed by atoms with Crippen molar-refractivity contribution >= 4 is 16.7 Å². The van der Waals surface area contributed by atoms with Gasteiger partial charge in [0.15, 0.2) is 0 Å². The van der Waals surface area contributed by atoms with Crippen molar-refractivity contribution < 1.29 is 4.39 Å². The number of nitriles is 2. The van der Waals surface area contributed by atoms with Crippen LogP contribution in [0.5, 0.6) is 0 Å². The fourth-order valence-corrected chi connectivity index (χ4v) is 3.42. The molecule has 0 saturated carbocycles. The number of nitrogens with one attached hydrogen (secondary N) is 1. The van der Waals surface area contributed by atoms with E-state index in [4.69, 9.17) is 5.73 Å². The van der Waals surface area contributed by atoms with Gasteiger partial charge in [0.2, 0.25) is 0 Å². The summed E-state index contributed by atoms with van der Waals surface area (Å²) in [5, 5.41) is 19.9. The van der Waals surface area contributed by atoms with Crippen molar-refractivity contribution in [3.8, 4) is 23.3 Å². The number of fused-ring (bicyclic) bond motifs is 1. The third-order valence-electron chi connectivity index (χ3n) is 4.83. The van der Waals surface area contributed by atoms with Gasteiger partial charge in [-0.15, -0.1) is 0 Å².